The van der Waals surface area contributed by atoms with Crippen LogP contribution in [0, 0.1) is 6.92 Å². The van der Waals surface area contributed by atoms with E-state index in [1.54, 1.807) is 37.5 Å². The molecule has 0 bridgehead atoms. The minimum absolute atomic E-state index is 0.231. The van der Waals surface area contributed by atoms with Crippen LogP contribution in [-0.4, -0.2) is 34.1 Å². The lowest BCUT2D eigenvalue weighted by Gasteiger charge is -2.14. The molecule has 1 aromatic carbocycles. The maximum atomic E-state index is 12.8. The summed E-state index contributed by atoms with van der Waals surface area (Å²) in [6.45, 7) is 7.08. The van der Waals surface area contributed by atoms with E-state index in [-0.39, 0.29) is 5.91 Å². The average Bonchev–Trinajstić information content (AvgIpc) is 3.14. The van der Waals surface area contributed by atoms with Gasteiger partial charge in [-0.05, 0) is 38.0 Å². The number of carbonyl (C=O) groups is 1. The number of aromatic nitrogens is 3. The Labute approximate surface area is 174 Å². The second kappa shape index (κ2) is 9.97. The number of anilines is 1. The van der Waals surface area contributed by atoms with E-state index in [4.69, 9.17) is 9.47 Å². The molecular weight excluding hydrogens is 388 g/mol. The van der Waals surface area contributed by atoms with Crippen LogP contribution in [0.3, 0.4) is 0 Å². The zero-order chi connectivity index (χ0) is 20.6. The summed E-state index contributed by atoms with van der Waals surface area (Å²) in [7, 11) is 0. The van der Waals surface area contributed by atoms with Crippen LogP contribution in [0.4, 0.5) is 5.69 Å². The van der Waals surface area contributed by atoms with Crippen molar-refractivity contribution in [1.29, 1.82) is 0 Å². The normalized spacial score (nSPS) is 10.6. The monoisotopic (exact) mass is 412 g/mol. The third-order valence-electron chi connectivity index (χ3n) is 3.88. The van der Waals surface area contributed by atoms with Crippen molar-refractivity contribution < 1.29 is 14.3 Å². The third-order valence-corrected chi connectivity index (χ3v) is 5.04. The minimum Gasteiger partial charge on any atom is -0.490 e. The van der Waals surface area contributed by atoms with E-state index in [2.05, 4.69) is 20.3 Å². The van der Waals surface area contributed by atoms with E-state index >= 15 is 0 Å². The van der Waals surface area contributed by atoms with Crippen molar-refractivity contribution in [2.24, 2.45) is 0 Å². The van der Waals surface area contributed by atoms with Gasteiger partial charge >= 0.3 is 0 Å². The summed E-state index contributed by atoms with van der Waals surface area (Å²) < 4.78 is 11.5. The molecule has 7 nitrogen and oxygen atoms in total. The van der Waals surface area contributed by atoms with Gasteiger partial charge in [-0.25, -0.2) is 15.0 Å². The van der Waals surface area contributed by atoms with Crippen LogP contribution in [0.2, 0.25) is 0 Å². The molecule has 2 heterocycles. The van der Waals surface area contributed by atoms with Gasteiger partial charge in [0.05, 0.1) is 18.9 Å². The van der Waals surface area contributed by atoms with Crippen LogP contribution in [0.15, 0.2) is 36.7 Å². The van der Waals surface area contributed by atoms with Crippen LogP contribution >= 0.6 is 11.3 Å². The minimum atomic E-state index is -0.231. The molecule has 0 fully saturated rings. The van der Waals surface area contributed by atoms with Crippen LogP contribution in [-0.2, 0) is 0 Å². The van der Waals surface area contributed by atoms with Gasteiger partial charge in [0.15, 0.2) is 22.3 Å². The molecule has 29 heavy (non-hydrogen) atoms. The average molecular weight is 413 g/mol. The third kappa shape index (κ3) is 5.29. The highest BCUT2D eigenvalue weighted by Gasteiger charge is 2.18. The smallest absolute Gasteiger partial charge is 0.267 e. The number of aryl methyl sites for hydroxylation is 1. The molecule has 8 heteroatoms. The summed E-state index contributed by atoms with van der Waals surface area (Å²) >= 11 is 1.27. The summed E-state index contributed by atoms with van der Waals surface area (Å²) in [4.78, 5) is 26.2. The largest absolute Gasteiger partial charge is 0.490 e. The SMILES string of the molecule is CCCOc1ccc(NC(=O)c2sc(-c3ncccn3)nc2C)cc1OCCC. The number of carbonyl (C=O) groups excluding carboxylic acids is 1. The van der Waals surface area contributed by atoms with E-state index in [9.17, 15) is 4.79 Å². The van der Waals surface area contributed by atoms with Crippen LogP contribution in [0.25, 0.3) is 10.8 Å². The fourth-order valence-electron chi connectivity index (χ4n) is 2.54. The number of ether oxygens (including phenoxy) is 2. The molecule has 1 N–H and O–H groups in total. The summed E-state index contributed by atoms with van der Waals surface area (Å²) in [5.74, 6) is 1.58. The lowest BCUT2D eigenvalue weighted by molar-refractivity contribution is 0.103. The van der Waals surface area contributed by atoms with E-state index in [1.807, 2.05) is 19.9 Å². The lowest BCUT2D eigenvalue weighted by atomic mass is 10.2. The Morgan fingerprint density at radius 3 is 2.45 bits per heavy atom. The number of amides is 1. The standard InChI is InChI=1S/C21H24N4O3S/c1-4-11-27-16-8-7-15(13-17(16)28-12-5-2)25-20(26)18-14(3)24-21(29-18)19-22-9-6-10-23-19/h6-10,13H,4-5,11-12H2,1-3H3,(H,25,26). The van der Waals surface area contributed by atoms with Crippen molar-refractivity contribution in [3.05, 3.63) is 47.2 Å². The van der Waals surface area contributed by atoms with Gasteiger partial charge < -0.3 is 14.8 Å². The van der Waals surface area contributed by atoms with Gasteiger partial charge in [0.2, 0.25) is 0 Å². The molecule has 0 atom stereocenters. The highest BCUT2D eigenvalue weighted by molar-refractivity contribution is 7.17. The zero-order valence-electron chi connectivity index (χ0n) is 16.8. The molecule has 3 rings (SSSR count). The van der Waals surface area contributed by atoms with Crippen molar-refractivity contribution in [3.63, 3.8) is 0 Å². The fourth-order valence-corrected chi connectivity index (χ4v) is 3.45. The Hall–Kier alpha value is -3.00. The molecule has 0 aliphatic rings. The molecule has 0 radical (unpaired) electrons. The van der Waals surface area contributed by atoms with Gasteiger partial charge in [-0.15, -0.1) is 11.3 Å². The number of thiazole rings is 1. The predicted molar refractivity (Wildman–Crippen MR) is 114 cm³/mol. The quantitative estimate of drug-likeness (QED) is 0.546. The first-order valence-electron chi connectivity index (χ1n) is 9.58. The van der Waals surface area contributed by atoms with Gasteiger partial charge in [-0.1, -0.05) is 13.8 Å². The Kier molecular flexibility index (Phi) is 7.13. The molecule has 3 aromatic rings. The Morgan fingerprint density at radius 1 is 1.07 bits per heavy atom. The summed E-state index contributed by atoms with van der Waals surface area (Å²) in [6.07, 6.45) is 5.09. The molecule has 0 aliphatic heterocycles. The van der Waals surface area contributed by atoms with Crippen molar-refractivity contribution in [2.45, 2.75) is 33.6 Å². The molecule has 0 unspecified atom stereocenters. The molecular formula is C21H24N4O3S. The first-order valence-corrected chi connectivity index (χ1v) is 10.4. The van der Waals surface area contributed by atoms with Gasteiger partial charge in [0.1, 0.15) is 4.88 Å². The molecule has 0 saturated carbocycles. The van der Waals surface area contributed by atoms with Gasteiger partial charge in [0.25, 0.3) is 5.91 Å². The molecule has 2 aromatic heterocycles. The Bertz CT molecular complexity index is 960. The summed E-state index contributed by atoms with van der Waals surface area (Å²) in [6, 6.07) is 7.15. The molecule has 1 amide bonds. The van der Waals surface area contributed by atoms with Gasteiger partial charge in [0, 0.05) is 24.1 Å². The van der Waals surface area contributed by atoms with Crippen molar-refractivity contribution in [1.82, 2.24) is 15.0 Å². The second-order valence-electron chi connectivity index (χ2n) is 6.32. The first kappa shape index (κ1) is 20.7. The van der Waals surface area contributed by atoms with Gasteiger partial charge in [-0.3, -0.25) is 4.79 Å². The molecule has 152 valence electrons. The fraction of sp³-hybridized carbons (Fsp3) is 0.333. The highest BCUT2D eigenvalue weighted by Crippen LogP contribution is 2.32. The van der Waals surface area contributed by atoms with E-state index in [1.165, 1.54) is 11.3 Å². The number of benzene rings is 1. The number of hydrogen-bond acceptors (Lipinski definition) is 7. The number of nitrogens with zero attached hydrogens (tertiary/aromatic N) is 3. The van der Waals surface area contributed by atoms with E-state index in [0.717, 1.165) is 12.8 Å². The van der Waals surface area contributed by atoms with Gasteiger partial charge in [-0.2, -0.15) is 0 Å². The summed E-state index contributed by atoms with van der Waals surface area (Å²) in [5, 5.41) is 3.53. The highest BCUT2D eigenvalue weighted by atomic mass is 32.1. The predicted octanol–water partition coefficient (Wildman–Crippen LogP) is 4.74. The maximum Gasteiger partial charge on any atom is 0.267 e. The van der Waals surface area contributed by atoms with E-state index < -0.39 is 0 Å². The maximum absolute atomic E-state index is 12.8. The number of rotatable bonds is 9. The summed E-state index contributed by atoms with van der Waals surface area (Å²) in [5.41, 5.74) is 1.27. The van der Waals surface area contributed by atoms with E-state index in [0.29, 0.717) is 51.8 Å². The van der Waals surface area contributed by atoms with Crippen molar-refractivity contribution in [2.75, 3.05) is 18.5 Å². The Morgan fingerprint density at radius 2 is 1.76 bits per heavy atom. The second-order valence-corrected chi connectivity index (χ2v) is 7.32. The van der Waals surface area contributed by atoms with Crippen molar-refractivity contribution in [3.8, 4) is 22.3 Å². The molecule has 0 saturated heterocycles. The zero-order valence-corrected chi connectivity index (χ0v) is 17.6. The number of nitrogens with one attached hydrogen (secondary N) is 1. The molecule has 0 spiro atoms. The first-order chi connectivity index (χ1) is 14.1. The lowest BCUT2D eigenvalue weighted by Crippen LogP contribution is -2.12. The van der Waals surface area contributed by atoms with Crippen LogP contribution in [0.1, 0.15) is 42.1 Å². The van der Waals surface area contributed by atoms with Crippen molar-refractivity contribution >= 4 is 22.9 Å². The van der Waals surface area contributed by atoms with Crippen LogP contribution < -0.4 is 14.8 Å². The topological polar surface area (TPSA) is 86.2 Å². The molecule has 0 aliphatic carbocycles. The Balaban J connectivity index is 1.79. The number of hydrogen-bond donors (Lipinski definition) is 1. The van der Waals surface area contributed by atoms with Crippen LogP contribution in [0.5, 0.6) is 11.5 Å².